The maximum Gasteiger partial charge on any atom is 0.00687 e. The van der Waals surface area contributed by atoms with Gasteiger partial charge in [-0.2, -0.15) is 0 Å². The maximum absolute atomic E-state index is 3.90. The van der Waals surface area contributed by atoms with Crippen molar-refractivity contribution in [2.45, 2.75) is 44.9 Å². The molecule has 0 radical (unpaired) electrons. The first kappa shape index (κ1) is 13.2. The zero-order valence-electron chi connectivity index (χ0n) is 12.1. The molecule has 5 aliphatic carbocycles. The molecule has 0 aliphatic heterocycles. The smallest absolute Gasteiger partial charge is 0.00687 e. The van der Waals surface area contributed by atoms with E-state index in [1.54, 1.807) is 12.8 Å². The molecule has 3 saturated carbocycles. The summed E-state index contributed by atoms with van der Waals surface area (Å²) >= 11 is 7.79. The van der Waals surface area contributed by atoms with Crippen molar-refractivity contribution in [3.05, 3.63) is 11.1 Å². The van der Waals surface area contributed by atoms with Crippen LogP contribution in [-0.2, 0) is 0 Å². The molecule has 110 valence electrons. The Labute approximate surface area is 139 Å². The first-order valence-corrected chi connectivity index (χ1v) is 10.9. The molecule has 0 aromatic carbocycles. The third kappa shape index (κ3) is 1.32. The molecule has 0 amide bonds. The molecule has 6 atom stereocenters. The van der Waals surface area contributed by atoms with E-state index in [2.05, 4.69) is 31.9 Å². The molecule has 5 rings (SSSR count). The average Bonchev–Trinajstić information content (AvgIpc) is 3.24. The van der Waals surface area contributed by atoms with Gasteiger partial charge >= 0.3 is 0 Å². The largest absolute Gasteiger partial charge is 0.0925 e. The summed E-state index contributed by atoms with van der Waals surface area (Å²) in [6.45, 7) is 0. The van der Waals surface area contributed by atoms with E-state index in [0.717, 1.165) is 40.9 Å². The van der Waals surface area contributed by atoms with E-state index in [0.29, 0.717) is 0 Å². The Kier molecular flexibility index (Phi) is 2.88. The Hall–Kier alpha value is 0.700. The van der Waals surface area contributed by atoms with E-state index >= 15 is 0 Å². The van der Waals surface area contributed by atoms with Crippen LogP contribution in [0.3, 0.4) is 0 Å². The summed E-state index contributed by atoms with van der Waals surface area (Å²) < 4.78 is 0. The molecule has 0 N–H and O–H groups in total. The summed E-state index contributed by atoms with van der Waals surface area (Å²) in [5.41, 5.74) is 4.80. The first-order valence-electron chi connectivity index (χ1n) is 8.67. The minimum absolute atomic E-state index is 0.725. The van der Waals surface area contributed by atoms with Crippen LogP contribution in [-0.4, -0.2) is 10.7 Å². The molecule has 0 heterocycles. The molecule has 0 nitrogen and oxygen atoms in total. The van der Waals surface area contributed by atoms with Crippen molar-refractivity contribution in [2.24, 2.45) is 40.9 Å². The summed E-state index contributed by atoms with van der Waals surface area (Å²) in [4.78, 5) is 0. The number of rotatable bonds is 2. The standard InChI is InChI=1S/C18H24Br2/c19-8-12-13(9-20)17-15-11-4-3-10(7-11)14(15)16(12)18(17)5-1-2-6-18/h10-13,16-17H,1-9H2/t10-,11-,12-,13-,16-,17-/m0/s1. The van der Waals surface area contributed by atoms with Gasteiger partial charge in [-0.1, -0.05) is 55.8 Å². The fraction of sp³-hybridized carbons (Fsp3) is 0.889. The highest BCUT2D eigenvalue weighted by Gasteiger charge is 2.69. The molecule has 0 aromatic rings. The van der Waals surface area contributed by atoms with E-state index in [-0.39, 0.29) is 0 Å². The Balaban J connectivity index is 1.67. The Morgan fingerprint density at radius 3 is 1.80 bits per heavy atom. The molecular formula is C18H24Br2. The minimum Gasteiger partial charge on any atom is -0.0925 e. The third-order valence-corrected chi connectivity index (χ3v) is 9.35. The quantitative estimate of drug-likeness (QED) is 0.421. The molecule has 2 heteroatoms. The van der Waals surface area contributed by atoms with Crippen LogP contribution < -0.4 is 0 Å². The van der Waals surface area contributed by atoms with E-state index in [1.807, 2.05) is 11.1 Å². The van der Waals surface area contributed by atoms with Gasteiger partial charge in [0.25, 0.3) is 0 Å². The van der Waals surface area contributed by atoms with Crippen LogP contribution in [0.4, 0.5) is 0 Å². The third-order valence-electron chi connectivity index (χ3n) is 7.85. The Morgan fingerprint density at radius 1 is 0.850 bits per heavy atom. The van der Waals surface area contributed by atoms with Crippen molar-refractivity contribution in [2.75, 3.05) is 10.7 Å². The van der Waals surface area contributed by atoms with Crippen molar-refractivity contribution < 1.29 is 0 Å². The molecule has 0 aromatic heterocycles. The number of halogens is 2. The fourth-order valence-electron chi connectivity index (χ4n) is 7.57. The number of hydrogen-bond donors (Lipinski definition) is 0. The molecule has 0 unspecified atom stereocenters. The second-order valence-corrected chi connectivity index (χ2v) is 9.44. The van der Waals surface area contributed by atoms with Crippen molar-refractivity contribution >= 4 is 31.9 Å². The van der Waals surface area contributed by atoms with Crippen molar-refractivity contribution in [3.8, 4) is 0 Å². The molecule has 3 fully saturated rings. The summed E-state index contributed by atoms with van der Waals surface area (Å²) in [6.07, 6.45) is 10.7. The van der Waals surface area contributed by atoms with Gasteiger partial charge in [0, 0.05) is 10.7 Å². The summed E-state index contributed by atoms with van der Waals surface area (Å²) in [5.74, 6) is 5.83. The van der Waals surface area contributed by atoms with Gasteiger partial charge in [-0.05, 0) is 73.0 Å². The fourth-order valence-corrected chi connectivity index (χ4v) is 9.28. The van der Waals surface area contributed by atoms with Gasteiger partial charge in [-0.3, -0.25) is 0 Å². The molecule has 0 saturated heterocycles. The van der Waals surface area contributed by atoms with Gasteiger partial charge < -0.3 is 0 Å². The topological polar surface area (TPSA) is 0 Å². The number of hydrogen-bond acceptors (Lipinski definition) is 0. The maximum atomic E-state index is 3.90. The van der Waals surface area contributed by atoms with E-state index in [1.165, 1.54) is 42.8 Å². The molecule has 4 bridgehead atoms. The predicted molar refractivity (Wildman–Crippen MR) is 90.3 cm³/mol. The number of fused-ring (bicyclic) bond motifs is 6. The highest BCUT2D eigenvalue weighted by Crippen LogP contribution is 2.77. The highest BCUT2D eigenvalue weighted by molar-refractivity contribution is 9.09. The highest BCUT2D eigenvalue weighted by atomic mass is 79.9. The zero-order valence-corrected chi connectivity index (χ0v) is 15.3. The average molecular weight is 400 g/mol. The van der Waals surface area contributed by atoms with Crippen LogP contribution in [0.1, 0.15) is 44.9 Å². The van der Waals surface area contributed by atoms with Crippen LogP contribution in [0, 0.1) is 40.9 Å². The van der Waals surface area contributed by atoms with Crippen molar-refractivity contribution in [3.63, 3.8) is 0 Å². The normalized spacial score (nSPS) is 50.7. The number of alkyl halides is 2. The van der Waals surface area contributed by atoms with Crippen molar-refractivity contribution in [1.29, 1.82) is 0 Å². The van der Waals surface area contributed by atoms with Crippen LogP contribution in [0.25, 0.3) is 0 Å². The molecule has 5 aliphatic rings. The van der Waals surface area contributed by atoms with Crippen LogP contribution in [0.15, 0.2) is 11.1 Å². The van der Waals surface area contributed by atoms with Gasteiger partial charge in [-0.25, -0.2) is 0 Å². The predicted octanol–water partition coefficient (Wildman–Crippen LogP) is 5.56. The molecular weight excluding hydrogens is 376 g/mol. The van der Waals surface area contributed by atoms with E-state index in [4.69, 9.17) is 0 Å². The van der Waals surface area contributed by atoms with Gasteiger partial charge in [0.1, 0.15) is 0 Å². The van der Waals surface area contributed by atoms with Crippen LogP contribution in [0.2, 0.25) is 0 Å². The van der Waals surface area contributed by atoms with Gasteiger partial charge in [-0.15, -0.1) is 0 Å². The lowest BCUT2D eigenvalue weighted by Gasteiger charge is -2.34. The lowest BCUT2D eigenvalue weighted by Crippen LogP contribution is -2.29. The minimum atomic E-state index is 0.725. The van der Waals surface area contributed by atoms with Gasteiger partial charge in [0.05, 0.1) is 0 Å². The second-order valence-electron chi connectivity index (χ2n) is 8.15. The van der Waals surface area contributed by atoms with E-state index in [9.17, 15) is 0 Å². The van der Waals surface area contributed by atoms with Crippen molar-refractivity contribution in [1.82, 2.24) is 0 Å². The first-order chi connectivity index (χ1) is 9.81. The SMILES string of the molecule is BrC[C@H]1[C@H](CBr)[C@H]2C3=C([C@H]4CC[C@H]3C4)[C@H]1C21CCCC1. The monoisotopic (exact) mass is 398 g/mol. The lowest BCUT2D eigenvalue weighted by atomic mass is 9.69. The second kappa shape index (κ2) is 4.37. The summed E-state index contributed by atoms with van der Waals surface area (Å²) in [7, 11) is 0. The zero-order chi connectivity index (χ0) is 13.5. The van der Waals surface area contributed by atoms with Gasteiger partial charge in [0.2, 0.25) is 0 Å². The number of allylic oxidation sites excluding steroid dienone is 2. The summed E-state index contributed by atoms with van der Waals surface area (Å²) in [6, 6.07) is 0. The Morgan fingerprint density at radius 2 is 1.35 bits per heavy atom. The Bertz CT molecular complexity index is 438. The summed E-state index contributed by atoms with van der Waals surface area (Å²) in [5, 5.41) is 2.47. The van der Waals surface area contributed by atoms with Crippen LogP contribution in [0.5, 0.6) is 0 Å². The lowest BCUT2D eigenvalue weighted by molar-refractivity contribution is 0.181. The molecule has 1 spiro atoms. The molecule has 20 heavy (non-hydrogen) atoms. The van der Waals surface area contributed by atoms with Crippen LogP contribution >= 0.6 is 31.9 Å². The van der Waals surface area contributed by atoms with E-state index < -0.39 is 0 Å². The van der Waals surface area contributed by atoms with Gasteiger partial charge in [0.15, 0.2) is 0 Å².